The Morgan fingerprint density at radius 2 is 1.85 bits per heavy atom. The number of aryl methyl sites for hydroxylation is 1. The van der Waals surface area contributed by atoms with E-state index in [4.69, 9.17) is 0 Å². The summed E-state index contributed by atoms with van der Waals surface area (Å²) < 4.78 is 0. The van der Waals surface area contributed by atoms with E-state index in [0.717, 1.165) is 19.5 Å². The highest BCUT2D eigenvalue weighted by atomic mass is 16.2. The molecule has 1 aromatic carbocycles. The number of hydrogen-bond donors (Lipinski definition) is 1. The van der Waals surface area contributed by atoms with Crippen LogP contribution >= 0.6 is 0 Å². The summed E-state index contributed by atoms with van der Waals surface area (Å²) in [6.45, 7) is 8.10. The number of nitrogens with zero attached hydrogens (tertiary/aromatic N) is 1. The average molecular weight is 276 g/mol. The Morgan fingerprint density at radius 3 is 2.40 bits per heavy atom. The van der Waals surface area contributed by atoms with Crippen LogP contribution in [0.2, 0.25) is 0 Å². The molecule has 0 unspecified atom stereocenters. The van der Waals surface area contributed by atoms with Crippen LogP contribution < -0.4 is 5.32 Å². The molecular weight excluding hydrogens is 248 g/mol. The van der Waals surface area contributed by atoms with Crippen LogP contribution in [0.15, 0.2) is 24.3 Å². The molecule has 1 aromatic rings. The van der Waals surface area contributed by atoms with Gasteiger partial charge in [-0.2, -0.15) is 0 Å². The molecule has 0 heterocycles. The minimum atomic E-state index is -0.0267. The van der Waals surface area contributed by atoms with Gasteiger partial charge in [0.05, 0.1) is 0 Å². The lowest BCUT2D eigenvalue weighted by Gasteiger charge is -2.31. The summed E-state index contributed by atoms with van der Waals surface area (Å²) in [6, 6.07) is 8.58. The van der Waals surface area contributed by atoms with E-state index in [0.29, 0.717) is 6.42 Å². The van der Waals surface area contributed by atoms with Gasteiger partial charge in [0.2, 0.25) is 5.91 Å². The zero-order chi connectivity index (χ0) is 15.2. The fourth-order valence-corrected chi connectivity index (χ4v) is 2.38. The van der Waals surface area contributed by atoms with Crippen molar-refractivity contribution in [2.75, 3.05) is 27.2 Å². The van der Waals surface area contributed by atoms with E-state index in [2.05, 4.69) is 50.4 Å². The second-order valence-electron chi connectivity index (χ2n) is 6.21. The summed E-state index contributed by atoms with van der Waals surface area (Å²) in [5.74, 6) is 0.223. The second-order valence-corrected chi connectivity index (χ2v) is 6.21. The van der Waals surface area contributed by atoms with Crippen molar-refractivity contribution >= 4 is 5.91 Å². The van der Waals surface area contributed by atoms with E-state index in [1.54, 1.807) is 0 Å². The van der Waals surface area contributed by atoms with Gasteiger partial charge in [0, 0.05) is 25.4 Å². The van der Waals surface area contributed by atoms with Crippen molar-refractivity contribution in [1.29, 1.82) is 0 Å². The Kier molecular flexibility index (Phi) is 6.21. The third-order valence-electron chi connectivity index (χ3n) is 3.71. The minimum Gasteiger partial charge on any atom is -0.345 e. The van der Waals surface area contributed by atoms with Gasteiger partial charge in [0.25, 0.3) is 0 Å². The molecule has 0 saturated carbocycles. The summed E-state index contributed by atoms with van der Waals surface area (Å²) in [4.78, 5) is 13.9. The molecule has 112 valence electrons. The number of amides is 1. The standard InChI is InChI=1S/C17H28N2O/c1-14-8-10-15(11-9-14)17(2,3)13-19(5)16(20)7-6-12-18-4/h8-11,18H,6-7,12-13H2,1-5H3. The van der Waals surface area contributed by atoms with E-state index in [1.807, 2.05) is 19.0 Å². The number of hydrogen-bond acceptors (Lipinski definition) is 2. The predicted molar refractivity (Wildman–Crippen MR) is 85.0 cm³/mol. The molecule has 0 aliphatic rings. The lowest BCUT2D eigenvalue weighted by molar-refractivity contribution is -0.130. The minimum absolute atomic E-state index is 0.0267. The van der Waals surface area contributed by atoms with Gasteiger partial charge < -0.3 is 10.2 Å². The first kappa shape index (κ1) is 16.7. The number of carbonyl (C=O) groups excluding carboxylic acids is 1. The number of nitrogens with one attached hydrogen (secondary N) is 1. The molecule has 0 saturated heterocycles. The Morgan fingerprint density at radius 1 is 1.25 bits per heavy atom. The Labute approximate surface area is 123 Å². The van der Waals surface area contributed by atoms with Crippen LogP contribution in [0.4, 0.5) is 0 Å². The van der Waals surface area contributed by atoms with Crippen LogP contribution in [0, 0.1) is 6.92 Å². The zero-order valence-electron chi connectivity index (χ0n) is 13.5. The van der Waals surface area contributed by atoms with E-state index in [1.165, 1.54) is 11.1 Å². The SMILES string of the molecule is CNCCCC(=O)N(C)CC(C)(C)c1ccc(C)cc1. The molecule has 0 aliphatic carbocycles. The molecule has 20 heavy (non-hydrogen) atoms. The van der Waals surface area contributed by atoms with Crippen molar-refractivity contribution < 1.29 is 4.79 Å². The average Bonchev–Trinajstić information content (AvgIpc) is 2.38. The number of rotatable bonds is 7. The molecule has 0 radical (unpaired) electrons. The highest BCUT2D eigenvalue weighted by Crippen LogP contribution is 2.24. The maximum Gasteiger partial charge on any atom is 0.222 e. The van der Waals surface area contributed by atoms with Gasteiger partial charge in [-0.05, 0) is 32.5 Å². The van der Waals surface area contributed by atoms with Crippen molar-refractivity contribution in [1.82, 2.24) is 10.2 Å². The van der Waals surface area contributed by atoms with Crippen LogP contribution in [0.3, 0.4) is 0 Å². The largest absolute Gasteiger partial charge is 0.345 e. The number of carbonyl (C=O) groups is 1. The van der Waals surface area contributed by atoms with Gasteiger partial charge in [-0.15, -0.1) is 0 Å². The maximum absolute atomic E-state index is 12.1. The molecular formula is C17H28N2O. The second kappa shape index (κ2) is 7.44. The molecule has 0 atom stereocenters. The quantitative estimate of drug-likeness (QED) is 0.777. The molecule has 3 heteroatoms. The van der Waals surface area contributed by atoms with Crippen molar-refractivity contribution in [2.45, 2.75) is 39.0 Å². The Balaban J connectivity index is 2.60. The molecule has 1 rings (SSSR count). The van der Waals surface area contributed by atoms with Crippen LogP contribution in [0.1, 0.15) is 37.8 Å². The predicted octanol–water partition coefficient (Wildman–Crippen LogP) is 2.73. The third kappa shape index (κ3) is 4.97. The first-order valence-electron chi connectivity index (χ1n) is 7.32. The van der Waals surface area contributed by atoms with Crippen molar-refractivity contribution in [3.8, 4) is 0 Å². The van der Waals surface area contributed by atoms with Crippen LogP contribution in [-0.4, -0.2) is 38.0 Å². The maximum atomic E-state index is 12.1. The van der Waals surface area contributed by atoms with E-state index in [-0.39, 0.29) is 11.3 Å². The number of likely N-dealkylation sites (N-methyl/N-ethyl adjacent to an activating group) is 1. The van der Waals surface area contributed by atoms with Gasteiger partial charge in [-0.25, -0.2) is 0 Å². The van der Waals surface area contributed by atoms with Gasteiger partial charge >= 0.3 is 0 Å². The lowest BCUT2D eigenvalue weighted by atomic mass is 9.84. The molecule has 0 aromatic heterocycles. The summed E-state index contributed by atoms with van der Waals surface area (Å²) in [6.07, 6.45) is 1.51. The fourth-order valence-electron chi connectivity index (χ4n) is 2.38. The summed E-state index contributed by atoms with van der Waals surface area (Å²) in [7, 11) is 3.81. The van der Waals surface area contributed by atoms with Gasteiger partial charge in [0.15, 0.2) is 0 Å². The first-order valence-corrected chi connectivity index (χ1v) is 7.32. The van der Waals surface area contributed by atoms with Gasteiger partial charge in [0.1, 0.15) is 0 Å². The van der Waals surface area contributed by atoms with E-state index < -0.39 is 0 Å². The van der Waals surface area contributed by atoms with Crippen molar-refractivity contribution in [3.63, 3.8) is 0 Å². The third-order valence-corrected chi connectivity index (χ3v) is 3.71. The highest BCUT2D eigenvalue weighted by molar-refractivity contribution is 5.76. The lowest BCUT2D eigenvalue weighted by Crippen LogP contribution is -2.38. The first-order chi connectivity index (χ1) is 9.36. The Bertz CT molecular complexity index is 423. The van der Waals surface area contributed by atoms with Crippen LogP contribution in [-0.2, 0) is 10.2 Å². The molecule has 1 N–H and O–H groups in total. The normalized spacial score (nSPS) is 11.4. The topological polar surface area (TPSA) is 32.3 Å². The van der Waals surface area contributed by atoms with E-state index >= 15 is 0 Å². The molecule has 0 aliphatic heterocycles. The summed E-state index contributed by atoms with van der Waals surface area (Å²) in [5, 5.41) is 3.07. The van der Waals surface area contributed by atoms with Crippen LogP contribution in [0.25, 0.3) is 0 Å². The fraction of sp³-hybridized carbons (Fsp3) is 0.588. The molecule has 1 amide bonds. The smallest absolute Gasteiger partial charge is 0.222 e. The van der Waals surface area contributed by atoms with Crippen molar-refractivity contribution in [3.05, 3.63) is 35.4 Å². The summed E-state index contributed by atoms with van der Waals surface area (Å²) in [5.41, 5.74) is 2.51. The number of benzene rings is 1. The molecule has 0 spiro atoms. The molecule has 3 nitrogen and oxygen atoms in total. The van der Waals surface area contributed by atoms with Gasteiger partial charge in [-0.3, -0.25) is 4.79 Å². The zero-order valence-corrected chi connectivity index (χ0v) is 13.5. The molecule has 0 bridgehead atoms. The van der Waals surface area contributed by atoms with Crippen LogP contribution in [0.5, 0.6) is 0 Å². The Hall–Kier alpha value is -1.35. The van der Waals surface area contributed by atoms with E-state index in [9.17, 15) is 4.79 Å². The highest BCUT2D eigenvalue weighted by Gasteiger charge is 2.24. The van der Waals surface area contributed by atoms with Gasteiger partial charge in [-0.1, -0.05) is 43.7 Å². The monoisotopic (exact) mass is 276 g/mol. The summed E-state index contributed by atoms with van der Waals surface area (Å²) >= 11 is 0. The molecule has 0 fully saturated rings. The van der Waals surface area contributed by atoms with Crippen molar-refractivity contribution in [2.24, 2.45) is 0 Å².